The van der Waals surface area contributed by atoms with E-state index in [-0.39, 0.29) is 5.91 Å². The molecule has 0 spiro atoms. The Morgan fingerprint density at radius 1 is 1.19 bits per heavy atom. The zero-order valence-corrected chi connectivity index (χ0v) is 20.7. The molecule has 0 saturated heterocycles. The highest BCUT2D eigenvalue weighted by atomic mass is 79.9. The molecule has 2 aromatic heterocycles. The van der Waals surface area contributed by atoms with Crippen LogP contribution in [0.4, 0.5) is 5.82 Å². The number of amides is 1. The lowest BCUT2D eigenvalue weighted by molar-refractivity contribution is 0.0943. The standard InChI is InChI=1S/C26H33BrN4O/c1-3-23-26(30(4-2)17-20-11-8-12-22(27)15-20)31-18-21(13-14-24(31)29-23)25(32)28-16-19-9-6-5-7-10-19/h8,11-15,18-19H,3-7,9-10,16-17H2,1-2H3,(H,28,32). The maximum atomic E-state index is 12.9. The molecule has 0 aliphatic heterocycles. The van der Waals surface area contributed by atoms with Gasteiger partial charge in [0.25, 0.3) is 5.91 Å². The third kappa shape index (κ3) is 5.17. The number of halogens is 1. The lowest BCUT2D eigenvalue weighted by Crippen LogP contribution is -2.30. The van der Waals surface area contributed by atoms with E-state index in [0.29, 0.717) is 11.5 Å². The second kappa shape index (κ2) is 10.5. The average molecular weight is 497 g/mol. The second-order valence-electron chi connectivity index (χ2n) is 8.74. The van der Waals surface area contributed by atoms with Crippen LogP contribution in [0.25, 0.3) is 5.65 Å². The molecule has 1 aromatic carbocycles. The number of nitrogens with one attached hydrogen (secondary N) is 1. The number of carbonyl (C=O) groups excluding carboxylic acids is 1. The fourth-order valence-corrected chi connectivity index (χ4v) is 5.16. The molecule has 2 heterocycles. The summed E-state index contributed by atoms with van der Waals surface area (Å²) in [7, 11) is 0. The van der Waals surface area contributed by atoms with E-state index in [1.165, 1.54) is 37.7 Å². The second-order valence-corrected chi connectivity index (χ2v) is 9.66. The molecule has 1 fully saturated rings. The molecule has 1 N–H and O–H groups in total. The lowest BCUT2D eigenvalue weighted by atomic mass is 9.89. The van der Waals surface area contributed by atoms with Gasteiger partial charge in [0.1, 0.15) is 11.5 Å². The van der Waals surface area contributed by atoms with Gasteiger partial charge in [0.2, 0.25) is 0 Å². The quantitative estimate of drug-likeness (QED) is 0.416. The van der Waals surface area contributed by atoms with E-state index in [4.69, 9.17) is 4.98 Å². The normalized spacial score (nSPS) is 14.6. The molecule has 4 rings (SSSR count). The first-order chi connectivity index (χ1) is 15.6. The molecule has 1 saturated carbocycles. The Labute approximate surface area is 199 Å². The van der Waals surface area contributed by atoms with Crippen molar-refractivity contribution in [2.75, 3.05) is 18.0 Å². The number of rotatable bonds is 8. The number of anilines is 1. The molecule has 1 aliphatic carbocycles. The van der Waals surface area contributed by atoms with Gasteiger partial charge in [-0.2, -0.15) is 0 Å². The van der Waals surface area contributed by atoms with Gasteiger partial charge in [-0.25, -0.2) is 4.98 Å². The van der Waals surface area contributed by atoms with Crippen LogP contribution < -0.4 is 10.2 Å². The van der Waals surface area contributed by atoms with Crippen molar-refractivity contribution in [3.63, 3.8) is 0 Å². The van der Waals surface area contributed by atoms with Crippen molar-refractivity contribution in [3.8, 4) is 0 Å². The predicted molar refractivity (Wildman–Crippen MR) is 134 cm³/mol. The van der Waals surface area contributed by atoms with Crippen LogP contribution in [0.5, 0.6) is 0 Å². The Hall–Kier alpha value is -2.34. The van der Waals surface area contributed by atoms with Crippen LogP contribution in [0.15, 0.2) is 47.1 Å². The zero-order valence-electron chi connectivity index (χ0n) is 19.1. The SMILES string of the molecule is CCc1nc2ccc(C(=O)NCC3CCCCC3)cn2c1N(CC)Cc1cccc(Br)c1. The van der Waals surface area contributed by atoms with Gasteiger partial charge < -0.3 is 10.2 Å². The number of pyridine rings is 1. The van der Waals surface area contributed by atoms with Crippen molar-refractivity contribution in [1.29, 1.82) is 0 Å². The van der Waals surface area contributed by atoms with Gasteiger partial charge in [-0.1, -0.05) is 54.2 Å². The molecule has 1 amide bonds. The number of hydrogen-bond donors (Lipinski definition) is 1. The van der Waals surface area contributed by atoms with Gasteiger partial charge in [0, 0.05) is 30.3 Å². The van der Waals surface area contributed by atoms with Crippen molar-refractivity contribution < 1.29 is 4.79 Å². The van der Waals surface area contributed by atoms with E-state index in [9.17, 15) is 4.79 Å². The number of aryl methyl sites for hydroxylation is 1. The number of benzene rings is 1. The summed E-state index contributed by atoms with van der Waals surface area (Å²) in [6.07, 6.45) is 9.16. The van der Waals surface area contributed by atoms with Crippen molar-refractivity contribution in [2.24, 2.45) is 5.92 Å². The van der Waals surface area contributed by atoms with E-state index < -0.39 is 0 Å². The summed E-state index contributed by atoms with van der Waals surface area (Å²) in [6.45, 7) is 6.71. The average Bonchev–Trinajstić information content (AvgIpc) is 3.19. The zero-order chi connectivity index (χ0) is 22.5. The Morgan fingerprint density at radius 3 is 2.72 bits per heavy atom. The monoisotopic (exact) mass is 496 g/mol. The van der Waals surface area contributed by atoms with Gasteiger partial charge >= 0.3 is 0 Å². The number of carbonyl (C=O) groups is 1. The summed E-state index contributed by atoms with van der Waals surface area (Å²) in [5.74, 6) is 1.70. The minimum Gasteiger partial charge on any atom is -0.352 e. The van der Waals surface area contributed by atoms with Crippen molar-refractivity contribution in [3.05, 3.63) is 63.9 Å². The van der Waals surface area contributed by atoms with E-state index in [2.05, 4.69) is 62.6 Å². The molecule has 0 unspecified atom stereocenters. The highest BCUT2D eigenvalue weighted by molar-refractivity contribution is 9.10. The summed E-state index contributed by atoms with van der Waals surface area (Å²) >= 11 is 3.58. The van der Waals surface area contributed by atoms with E-state index in [0.717, 1.165) is 47.7 Å². The van der Waals surface area contributed by atoms with Crippen molar-refractivity contribution in [1.82, 2.24) is 14.7 Å². The van der Waals surface area contributed by atoms with Gasteiger partial charge in [0.05, 0.1) is 11.3 Å². The van der Waals surface area contributed by atoms with Gasteiger partial charge in [-0.05, 0) is 61.9 Å². The van der Waals surface area contributed by atoms with Gasteiger partial charge in [-0.15, -0.1) is 0 Å². The summed E-state index contributed by atoms with van der Waals surface area (Å²) in [5.41, 5.74) is 3.86. The van der Waals surface area contributed by atoms with Crippen LogP contribution in [-0.2, 0) is 13.0 Å². The highest BCUT2D eigenvalue weighted by Gasteiger charge is 2.19. The largest absolute Gasteiger partial charge is 0.352 e. The molecule has 1 aliphatic rings. The molecule has 0 atom stereocenters. The molecule has 32 heavy (non-hydrogen) atoms. The van der Waals surface area contributed by atoms with Crippen LogP contribution in [0, 0.1) is 5.92 Å². The molecule has 0 radical (unpaired) electrons. The van der Waals surface area contributed by atoms with E-state index in [1.807, 2.05) is 24.4 Å². The van der Waals surface area contributed by atoms with Crippen LogP contribution >= 0.6 is 15.9 Å². The maximum absolute atomic E-state index is 12.9. The molecule has 3 aromatic rings. The summed E-state index contributed by atoms with van der Waals surface area (Å²) in [6, 6.07) is 12.3. The smallest absolute Gasteiger partial charge is 0.252 e. The Balaban J connectivity index is 1.60. The number of hydrogen-bond acceptors (Lipinski definition) is 3. The first kappa shape index (κ1) is 22.8. The Morgan fingerprint density at radius 2 is 2.00 bits per heavy atom. The molecule has 5 nitrogen and oxygen atoms in total. The molecule has 6 heteroatoms. The Kier molecular flexibility index (Phi) is 7.51. The van der Waals surface area contributed by atoms with Crippen LogP contribution in [-0.4, -0.2) is 28.4 Å². The molecule has 0 bridgehead atoms. The first-order valence-corrected chi connectivity index (χ1v) is 12.7. The van der Waals surface area contributed by atoms with Gasteiger partial charge in [0.15, 0.2) is 0 Å². The van der Waals surface area contributed by atoms with E-state index >= 15 is 0 Å². The number of nitrogens with zero attached hydrogens (tertiary/aromatic N) is 3. The minimum absolute atomic E-state index is 0.00482. The lowest BCUT2D eigenvalue weighted by Gasteiger charge is -2.24. The van der Waals surface area contributed by atoms with Crippen LogP contribution in [0.1, 0.15) is 67.6 Å². The summed E-state index contributed by atoms with van der Waals surface area (Å²) in [5, 5.41) is 3.17. The van der Waals surface area contributed by atoms with E-state index in [1.54, 1.807) is 0 Å². The van der Waals surface area contributed by atoms with Gasteiger partial charge in [-0.3, -0.25) is 9.20 Å². The number of fused-ring (bicyclic) bond motifs is 1. The molecular formula is C26H33BrN4O. The van der Waals surface area contributed by atoms with Crippen LogP contribution in [0.3, 0.4) is 0 Å². The predicted octanol–water partition coefficient (Wildman–Crippen LogP) is 6.00. The minimum atomic E-state index is 0.00482. The summed E-state index contributed by atoms with van der Waals surface area (Å²) in [4.78, 5) is 20.1. The summed E-state index contributed by atoms with van der Waals surface area (Å²) < 4.78 is 3.17. The molecule has 170 valence electrons. The van der Waals surface area contributed by atoms with Crippen LogP contribution in [0.2, 0.25) is 0 Å². The first-order valence-electron chi connectivity index (χ1n) is 11.9. The fraction of sp³-hybridized carbons (Fsp3) is 0.462. The third-order valence-electron chi connectivity index (χ3n) is 6.48. The number of imidazole rings is 1. The van der Waals surface area contributed by atoms with Crippen molar-refractivity contribution >= 4 is 33.3 Å². The fourth-order valence-electron chi connectivity index (χ4n) is 4.71. The number of aromatic nitrogens is 2. The maximum Gasteiger partial charge on any atom is 0.252 e. The molecular weight excluding hydrogens is 464 g/mol. The topological polar surface area (TPSA) is 49.6 Å². The Bertz CT molecular complexity index is 1070. The third-order valence-corrected chi connectivity index (χ3v) is 6.97. The van der Waals surface area contributed by atoms with Crippen molar-refractivity contribution in [2.45, 2.75) is 58.9 Å². The highest BCUT2D eigenvalue weighted by Crippen LogP contribution is 2.27.